The smallest absolute Gasteiger partial charge is 0.262 e. The van der Waals surface area contributed by atoms with Gasteiger partial charge >= 0.3 is 0 Å². The Balaban J connectivity index is 1.62. The lowest BCUT2D eigenvalue weighted by molar-refractivity contribution is -0.118. The lowest BCUT2D eigenvalue weighted by Crippen LogP contribution is -2.21. The number of benzene rings is 2. The van der Waals surface area contributed by atoms with Gasteiger partial charge in [-0.15, -0.1) is 0 Å². The molecular weight excluding hydrogens is 318 g/mol. The van der Waals surface area contributed by atoms with Gasteiger partial charge in [0.25, 0.3) is 5.91 Å². The number of rotatable bonds is 6. The van der Waals surface area contributed by atoms with Crippen LogP contribution in [0.25, 0.3) is 0 Å². The fourth-order valence-corrected chi connectivity index (χ4v) is 3.14. The molecule has 1 aliphatic rings. The van der Waals surface area contributed by atoms with E-state index in [2.05, 4.69) is 11.4 Å². The van der Waals surface area contributed by atoms with Gasteiger partial charge in [-0.2, -0.15) is 0 Å². The predicted molar refractivity (Wildman–Crippen MR) is 96.8 cm³/mol. The van der Waals surface area contributed by atoms with Crippen LogP contribution < -0.4 is 19.5 Å². The molecule has 132 valence electrons. The number of nitrogens with one attached hydrogen (secondary N) is 1. The van der Waals surface area contributed by atoms with Crippen LogP contribution >= 0.6 is 0 Å². The quantitative estimate of drug-likeness (QED) is 0.872. The monoisotopic (exact) mass is 341 g/mol. The van der Waals surface area contributed by atoms with E-state index in [0.717, 1.165) is 18.6 Å². The van der Waals surface area contributed by atoms with Crippen LogP contribution in [0.4, 0.5) is 5.69 Å². The zero-order valence-electron chi connectivity index (χ0n) is 14.6. The molecule has 0 fully saturated rings. The van der Waals surface area contributed by atoms with Crippen molar-refractivity contribution in [3.05, 3.63) is 47.5 Å². The zero-order valence-corrected chi connectivity index (χ0v) is 14.6. The maximum atomic E-state index is 12.2. The number of hydrogen-bond donors (Lipinski definition) is 1. The SMILES string of the molecule is COc1ccc(NC(=O)COc2cccc3c2CCCC3)cc1OC. The molecule has 1 amide bonds. The minimum absolute atomic E-state index is 0.0230. The van der Waals surface area contributed by atoms with Crippen LogP contribution in [0, 0.1) is 0 Å². The number of hydrogen-bond acceptors (Lipinski definition) is 4. The van der Waals surface area contributed by atoms with E-state index in [1.165, 1.54) is 24.0 Å². The number of amides is 1. The predicted octanol–water partition coefficient (Wildman–Crippen LogP) is 3.60. The maximum absolute atomic E-state index is 12.2. The lowest BCUT2D eigenvalue weighted by Gasteiger charge is -2.19. The van der Waals surface area contributed by atoms with Crippen molar-refractivity contribution in [3.8, 4) is 17.2 Å². The number of anilines is 1. The van der Waals surface area contributed by atoms with Crippen molar-refractivity contribution in [1.82, 2.24) is 0 Å². The first-order valence-electron chi connectivity index (χ1n) is 8.46. The zero-order chi connectivity index (χ0) is 17.6. The summed E-state index contributed by atoms with van der Waals surface area (Å²) in [5.41, 5.74) is 3.22. The molecule has 2 aromatic rings. The molecule has 3 rings (SSSR count). The molecule has 0 spiro atoms. The van der Waals surface area contributed by atoms with E-state index in [1.807, 2.05) is 12.1 Å². The maximum Gasteiger partial charge on any atom is 0.262 e. The number of aryl methyl sites for hydroxylation is 1. The first-order valence-corrected chi connectivity index (χ1v) is 8.46. The fraction of sp³-hybridized carbons (Fsp3) is 0.350. The van der Waals surface area contributed by atoms with Crippen LogP contribution in [0.3, 0.4) is 0 Å². The summed E-state index contributed by atoms with van der Waals surface area (Å²) in [6.45, 7) is -0.0230. The van der Waals surface area contributed by atoms with Gasteiger partial charge in [-0.05, 0) is 55.0 Å². The van der Waals surface area contributed by atoms with Crippen LogP contribution in [0.1, 0.15) is 24.0 Å². The molecule has 1 aliphatic carbocycles. The number of carbonyl (C=O) groups is 1. The van der Waals surface area contributed by atoms with Crippen molar-refractivity contribution in [2.45, 2.75) is 25.7 Å². The highest BCUT2D eigenvalue weighted by molar-refractivity contribution is 5.92. The number of carbonyl (C=O) groups excluding carboxylic acids is 1. The topological polar surface area (TPSA) is 56.8 Å². The molecule has 0 bridgehead atoms. The van der Waals surface area contributed by atoms with Gasteiger partial charge in [0.05, 0.1) is 14.2 Å². The molecule has 0 radical (unpaired) electrons. The number of ether oxygens (including phenoxy) is 3. The summed E-state index contributed by atoms with van der Waals surface area (Å²) in [4.78, 5) is 12.2. The summed E-state index contributed by atoms with van der Waals surface area (Å²) in [7, 11) is 3.13. The Morgan fingerprint density at radius 2 is 1.80 bits per heavy atom. The summed E-state index contributed by atoms with van der Waals surface area (Å²) in [6.07, 6.45) is 4.49. The molecule has 2 aromatic carbocycles. The fourth-order valence-electron chi connectivity index (χ4n) is 3.14. The van der Waals surface area contributed by atoms with Gasteiger partial charge in [0.15, 0.2) is 18.1 Å². The van der Waals surface area contributed by atoms with Crippen LogP contribution in [-0.2, 0) is 17.6 Å². The van der Waals surface area contributed by atoms with E-state index in [4.69, 9.17) is 14.2 Å². The van der Waals surface area contributed by atoms with Crippen LogP contribution in [0.5, 0.6) is 17.2 Å². The Bertz CT molecular complexity index is 757. The summed E-state index contributed by atoms with van der Waals surface area (Å²) in [5, 5.41) is 2.82. The minimum Gasteiger partial charge on any atom is -0.493 e. The highest BCUT2D eigenvalue weighted by Crippen LogP contribution is 2.31. The van der Waals surface area contributed by atoms with Gasteiger partial charge in [0.2, 0.25) is 0 Å². The lowest BCUT2D eigenvalue weighted by atomic mass is 9.91. The van der Waals surface area contributed by atoms with Gasteiger partial charge in [0, 0.05) is 11.8 Å². The first kappa shape index (κ1) is 17.1. The summed E-state index contributed by atoms with van der Waals surface area (Å²) < 4.78 is 16.2. The summed E-state index contributed by atoms with van der Waals surface area (Å²) in [5.74, 6) is 1.80. The highest BCUT2D eigenvalue weighted by Gasteiger charge is 2.15. The molecule has 0 aliphatic heterocycles. The molecule has 0 unspecified atom stereocenters. The van der Waals surface area contributed by atoms with Crippen LogP contribution in [0.15, 0.2) is 36.4 Å². The number of methoxy groups -OCH3 is 2. The molecule has 1 N–H and O–H groups in total. The highest BCUT2D eigenvalue weighted by atomic mass is 16.5. The second-order valence-corrected chi connectivity index (χ2v) is 6.01. The van der Waals surface area contributed by atoms with E-state index in [1.54, 1.807) is 32.4 Å². The average molecular weight is 341 g/mol. The van der Waals surface area contributed by atoms with Crippen molar-refractivity contribution in [2.75, 3.05) is 26.1 Å². The molecule has 5 nitrogen and oxygen atoms in total. The molecule has 0 aromatic heterocycles. The number of fused-ring (bicyclic) bond motifs is 1. The van der Waals surface area contributed by atoms with Gasteiger partial charge in [-0.3, -0.25) is 4.79 Å². The normalized spacial score (nSPS) is 12.9. The van der Waals surface area contributed by atoms with Gasteiger partial charge in [0.1, 0.15) is 5.75 Å². The standard InChI is InChI=1S/C20H23NO4/c1-23-18-11-10-15(12-19(18)24-2)21-20(22)13-25-17-9-5-7-14-6-3-4-8-16(14)17/h5,7,9-12H,3-4,6,8,13H2,1-2H3,(H,21,22). The minimum atomic E-state index is -0.208. The Morgan fingerprint density at radius 1 is 1.00 bits per heavy atom. The third-order valence-electron chi connectivity index (χ3n) is 4.38. The second kappa shape index (κ2) is 7.92. The Kier molecular flexibility index (Phi) is 5.43. The van der Waals surface area contributed by atoms with E-state index in [-0.39, 0.29) is 12.5 Å². The van der Waals surface area contributed by atoms with E-state index >= 15 is 0 Å². The average Bonchev–Trinajstić information content (AvgIpc) is 2.66. The molecular formula is C20H23NO4. The van der Waals surface area contributed by atoms with Gasteiger partial charge < -0.3 is 19.5 Å². The Hall–Kier alpha value is -2.69. The van der Waals surface area contributed by atoms with E-state index < -0.39 is 0 Å². The molecule has 5 heteroatoms. The largest absolute Gasteiger partial charge is 0.493 e. The Labute approximate surface area is 147 Å². The first-order chi connectivity index (χ1) is 12.2. The van der Waals surface area contributed by atoms with Crippen LogP contribution in [0.2, 0.25) is 0 Å². The summed E-state index contributed by atoms with van der Waals surface area (Å²) in [6, 6.07) is 11.3. The van der Waals surface area contributed by atoms with Crippen molar-refractivity contribution in [3.63, 3.8) is 0 Å². The third kappa shape index (κ3) is 4.05. The van der Waals surface area contributed by atoms with E-state index in [0.29, 0.717) is 17.2 Å². The van der Waals surface area contributed by atoms with Crippen LogP contribution in [-0.4, -0.2) is 26.7 Å². The van der Waals surface area contributed by atoms with Crippen molar-refractivity contribution < 1.29 is 19.0 Å². The van der Waals surface area contributed by atoms with Crippen molar-refractivity contribution >= 4 is 11.6 Å². The molecule has 0 atom stereocenters. The second-order valence-electron chi connectivity index (χ2n) is 6.01. The van der Waals surface area contributed by atoms with Crippen molar-refractivity contribution in [1.29, 1.82) is 0 Å². The molecule has 0 saturated heterocycles. The molecule has 25 heavy (non-hydrogen) atoms. The summed E-state index contributed by atoms with van der Waals surface area (Å²) >= 11 is 0. The Morgan fingerprint density at radius 3 is 2.60 bits per heavy atom. The molecule has 0 heterocycles. The van der Waals surface area contributed by atoms with E-state index in [9.17, 15) is 4.79 Å². The van der Waals surface area contributed by atoms with Gasteiger partial charge in [-0.25, -0.2) is 0 Å². The third-order valence-corrected chi connectivity index (χ3v) is 4.38. The van der Waals surface area contributed by atoms with Crippen molar-refractivity contribution in [2.24, 2.45) is 0 Å². The van der Waals surface area contributed by atoms with Gasteiger partial charge in [-0.1, -0.05) is 12.1 Å². The molecule has 0 saturated carbocycles.